The summed E-state index contributed by atoms with van der Waals surface area (Å²) in [5, 5.41) is 17.7. The van der Waals surface area contributed by atoms with Gasteiger partial charge in [-0.3, -0.25) is 4.79 Å². The third-order valence-corrected chi connectivity index (χ3v) is 4.65. The number of carbonyl (C=O) groups is 1. The average molecular weight is 334 g/mol. The Balaban J connectivity index is 2.10. The molecule has 1 aromatic rings. The quantitative estimate of drug-likeness (QED) is 0.549. The van der Waals surface area contributed by atoms with Gasteiger partial charge in [0.05, 0.1) is 0 Å². The lowest BCUT2D eigenvalue weighted by Crippen LogP contribution is -2.52. The van der Waals surface area contributed by atoms with E-state index in [9.17, 15) is 9.90 Å². The third-order valence-electron chi connectivity index (χ3n) is 4.04. The van der Waals surface area contributed by atoms with E-state index in [-0.39, 0.29) is 28.8 Å². The molecule has 0 spiro atoms. The van der Waals surface area contributed by atoms with Gasteiger partial charge in [0.1, 0.15) is 11.6 Å². The Kier molecular flexibility index (Phi) is 5.30. The summed E-state index contributed by atoms with van der Waals surface area (Å²) in [6.45, 7) is 9.47. The van der Waals surface area contributed by atoms with Crippen molar-refractivity contribution in [3.63, 3.8) is 0 Å². The van der Waals surface area contributed by atoms with E-state index in [1.54, 1.807) is 11.5 Å². The molecule has 1 fully saturated rings. The third kappa shape index (κ3) is 4.25. The standard InChI is InChI=1S/C16H22N4O2S/c1-10(9-23-17-4)18-13-6-5-11(21)14(20-13)15(22)19-12-7-8-16(12,2)3/h5-6,9,12,21H,4,7-8H2,1-3H3,(H,18,20)(H,19,22)/b10-9+. The van der Waals surface area contributed by atoms with Crippen LogP contribution in [-0.2, 0) is 0 Å². The molecule has 2 rings (SSSR count). The first-order valence-electron chi connectivity index (χ1n) is 7.40. The molecule has 0 radical (unpaired) electrons. The zero-order chi connectivity index (χ0) is 17.0. The van der Waals surface area contributed by atoms with Crippen LogP contribution >= 0.6 is 11.9 Å². The van der Waals surface area contributed by atoms with Gasteiger partial charge in [0.2, 0.25) is 0 Å². The molecule has 1 atom stereocenters. The minimum atomic E-state index is -0.354. The van der Waals surface area contributed by atoms with Crippen LogP contribution in [0.25, 0.3) is 0 Å². The van der Waals surface area contributed by atoms with Gasteiger partial charge in [-0.25, -0.2) is 9.38 Å². The summed E-state index contributed by atoms with van der Waals surface area (Å²) < 4.78 is 3.66. The molecule has 23 heavy (non-hydrogen) atoms. The smallest absolute Gasteiger partial charge is 0.274 e. The van der Waals surface area contributed by atoms with Crippen LogP contribution in [0.5, 0.6) is 5.75 Å². The average Bonchev–Trinajstić information content (AvgIpc) is 2.51. The SMILES string of the molecule is C=NS/C=C(\C)Nc1ccc(O)c(C(=O)NC2CCC2(C)C)n1. The normalized spacial score (nSPS) is 19.6. The second-order valence-electron chi connectivity index (χ2n) is 6.28. The van der Waals surface area contributed by atoms with Crippen molar-refractivity contribution in [3.8, 4) is 5.75 Å². The fourth-order valence-corrected chi connectivity index (χ4v) is 2.69. The summed E-state index contributed by atoms with van der Waals surface area (Å²) >= 11 is 1.20. The lowest BCUT2D eigenvalue weighted by Gasteiger charge is -2.44. The summed E-state index contributed by atoms with van der Waals surface area (Å²) in [5.74, 6) is 0.000804. The molecule has 1 aliphatic carbocycles. The maximum absolute atomic E-state index is 12.4. The number of rotatable bonds is 6. The van der Waals surface area contributed by atoms with E-state index in [1.807, 2.05) is 6.92 Å². The van der Waals surface area contributed by atoms with Crippen molar-refractivity contribution >= 4 is 30.4 Å². The van der Waals surface area contributed by atoms with E-state index in [4.69, 9.17) is 0 Å². The summed E-state index contributed by atoms with van der Waals surface area (Å²) in [4.78, 5) is 16.6. The van der Waals surface area contributed by atoms with E-state index in [0.717, 1.165) is 18.5 Å². The summed E-state index contributed by atoms with van der Waals surface area (Å²) in [6, 6.07) is 3.19. The first kappa shape index (κ1) is 17.3. The lowest BCUT2D eigenvalue weighted by molar-refractivity contribution is 0.0725. The zero-order valence-corrected chi connectivity index (χ0v) is 14.4. The Morgan fingerprint density at radius 3 is 2.87 bits per heavy atom. The van der Waals surface area contributed by atoms with Gasteiger partial charge in [-0.2, -0.15) is 0 Å². The van der Waals surface area contributed by atoms with Gasteiger partial charge in [-0.05, 0) is 44.0 Å². The molecule has 1 aliphatic rings. The van der Waals surface area contributed by atoms with Gasteiger partial charge in [0.25, 0.3) is 5.91 Å². The number of nitrogens with one attached hydrogen (secondary N) is 2. The maximum Gasteiger partial charge on any atom is 0.274 e. The number of aromatic nitrogens is 1. The minimum Gasteiger partial charge on any atom is -0.505 e. The topological polar surface area (TPSA) is 86.6 Å². The maximum atomic E-state index is 12.4. The molecule has 1 amide bonds. The molecular weight excluding hydrogens is 312 g/mol. The molecule has 0 aromatic carbocycles. The highest BCUT2D eigenvalue weighted by Crippen LogP contribution is 2.40. The van der Waals surface area contributed by atoms with Crippen LogP contribution in [0.3, 0.4) is 0 Å². The number of hydrogen-bond donors (Lipinski definition) is 3. The fourth-order valence-electron chi connectivity index (χ4n) is 2.40. The Morgan fingerprint density at radius 2 is 2.30 bits per heavy atom. The molecule has 0 aliphatic heterocycles. The van der Waals surface area contributed by atoms with E-state index in [1.165, 1.54) is 18.0 Å². The van der Waals surface area contributed by atoms with Crippen LogP contribution in [0.2, 0.25) is 0 Å². The highest BCUT2D eigenvalue weighted by Gasteiger charge is 2.39. The number of nitrogens with zero attached hydrogens (tertiary/aromatic N) is 2. The molecule has 1 unspecified atom stereocenters. The van der Waals surface area contributed by atoms with E-state index in [2.05, 4.69) is 40.6 Å². The zero-order valence-electron chi connectivity index (χ0n) is 13.6. The van der Waals surface area contributed by atoms with E-state index in [0.29, 0.717) is 5.82 Å². The van der Waals surface area contributed by atoms with Gasteiger partial charge in [-0.15, -0.1) is 0 Å². The van der Waals surface area contributed by atoms with Crippen LogP contribution in [-0.4, -0.2) is 28.8 Å². The Hall–Kier alpha value is -2.02. The number of anilines is 1. The second-order valence-corrected chi connectivity index (χ2v) is 6.98. The molecule has 3 N–H and O–H groups in total. The van der Waals surface area contributed by atoms with E-state index >= 15 is 0 Å². The van der Waals surface area contributed by atoms with Crippen molar-refractivity contribution in [2.75, 3.05) is 5.32 Å². The molecule has 0 bridgehead atoms. The van der Waals surface area contributed by atoms with Gasteiger partial charge in [-0.1, -0.05) is 13.8 Å². The molecule has 1 saturated carbocycles. The number of carbonyl (C=O) groups excluding carboxylic acids is 1. The highest BCUT2D eigenvalue weighted by atomic mass is 32.2. The summed E-state index contributed by atoms with van der Waals surface area (Å²) in [7, 11) is 0. The second kappa shape index (κ2) is 7.04. The van der Waals surface area contributed by atoms with Gasteiger partial charge in [0.15, 0.2) is 5.69 Å². The molecule has 7 heteroatoms. The largest absolute Gasteiger partial charge is 0.505 e. The van der Waals surface area contributed by atoms with Crippen molar-refractivity contribution in [1.29, 1.82) is 0 Å². The Morgan fingerprint density at radius 1 is 1.57 bits per heavy atom. The van der Waals surface area contributed by atoms with Crippen molar-refractivity contribution in [2.45, 2.75) is 39.7 Å². The molecular formula is C16H22N4O2S. The van der Waals surface area contributed by atoms with Crippen molar-refractivity contribution in [2.24, 2.45) is 9.81 Å². The van der Waals surface area contributed by atoms with Crippen LogP contribution in [0.1, 0.15) is 44.1 Å². The number of aromatic hydroxyl groups is 1. The van der Waals surface area contributed by atoms with E-state index < -0.39 is 0 Å². The van der Waals surface area contributed by atoms with Crippen LogP contribution in [0.4, 0.5) is 5.82 Å². The molecule has 124 valence electrons. The number of pyridine rings is 1. The monoisotopic (exact) mass is 334 g/mol. The number of allylic oxidation sites excluding steroid dienone is 1. The van der Waals surface area contributed by atoms with Crippen molar-refractivity contribution in [1.82, 2.24) is 10.3 Å². The number of hydrogen-bond acceptors (Lipinski definition) is 6. The van der Waals surface area contributed by atoms with Gasteiger partial charge in [0, 0.05) is 29.1 Å². The predicted octanol–water partition coefficient (Wildman–Crippen LogP) is 3.33. The van der Waals surface area contributed by atoms with Crippen LogP contribution < -0.4 is 10.6 Å². The fraction of sp³-hybridized carbons (Fsp3) is 0.438. The van der Waals surface area contributed by atoms with Gasteiger partial charge < -0.3 is 15.7 Å². The first-order valence-corrected chi connectivity index (χ1v) is 8.23. The predicted molar refractivity (Wildman–Crippen MR) is 94.7 cm³/mol. The van der Waals surface area contributed by atoms with Gasteiger partial charge >= 0.3 is 0 Å². The summed E-state index contributed by atoms with van der Waals surface area (Å²) in [5.41, 5.74) is 0.933. The van der Waals surface area contributed by atoms with Crippen molar-refractivity contribution in [3.05, 3.63) is 28.9 Å². The Labute approximate surface area is 140 Å². The molecule has 0 saturated heterocycles. The van der Waals surface area contributed by atoms with Crippen LogP contribution in [0, 0.1) is 5.41 Å². The molecule has 1 heterocycles. The van der Waals surface area contributed by atoms with Crippen molar-refractivity contribution < 1.29 is 9.90 Å². The number of amides is 1. The Bertz CT molecular complexity index is 643. The molecule has 1 aromatic heterocycles. The lowest BCUT2D eigenvalue weighted by atomic mass is 9.67. The van der Waals surface area contributed by atoms with Crippen LogP contribution in [0.15, 0.2) is 27.6 Å². The summed E-state index contributed by atoms with van der Waals surface area (Å²) in [6.07, 6.45) is 2.03. The first-order chi connectivity index (χ1) is 10.8. The highest BCUT2D eigenvalue weighted by molar-refractivity contribution is 8.01. The minimum absolute atomic E-state index is 0.0278. The molecule has 6 nitrogen and oxygen atoms in total.